The van der Waals surface area contributed by atoms with E-state index in [9.17, 15) is 4.79 Å². The Bertz CT molecular complexity index is 524. The van der Waals surface area contributed by atoms with Crippen molar-refractivity contribution in [2.75, 3.05) is 17.3 Å². The molecule has 1 N–H and O–H groups in total. The zero-order valence-electron chi connectivity index (χ0n) is 9.77. The van der Waals surface area contributed by atoms with Crippen molar-refractivity contribution in [2.24, 2.45) is 0 Å². The van der Waals surface area contributed by atoms with Crippen molar-refractivity contribution in [2.45, 2.75) is 6.42 Å². The Labute approximate surface area is 105 Å². The third-order valence-corrected chi connectivity index (χ3v) is 3.18. The first-order valence-corrected chi connectivity index (χ1v) is 6.96. The van der Waals surface area contributed by atoms with Gasteiger partial charge < -0.3 is 5.32 Å². The number of anilines is 1. The minimum Gasteiger partial charge on any atom is -0.326 e. The third kappa shape index (κ3) is 3.24. The monoisotopic (exact) mass is 245 g/mol. The van der Waals surface area contributed by atoms with Gasteiger partial charge in [0.2, 0.25) is 5.91 Å². The molecular weight excluding hydrogens is 230 g/mol. The lowest BCUT2D eigenvalue weighted by molar-refractivity contribution is -0.115. The summed E-state index contributed by atoms with van der Waals surface area (Å²) in [7, 11) is 0. The molecule has 0 bridgehead atoms. The Balaban J connectivity index is 2.11. The maximum Gasteiger partial charge on any atom is 0.225 e. The molecule has 88 valence electrons. The number of rotatable bonds is 4. The quantitative estimate of drug-likeness (QED) is 0.892. The Hall–Kier alpha value is -1.48. The summed E-state index contributed by atoms with van der Waals surface area (Å²) in [5, 5.41) is 5.25. The fourth-order valence-electron chi connectivity index (χ4n) is 1.69. The molecular formula is C14H15NOS. The molecule has 0 aliphatic rings. The van der Waals surface area contributed by atoms with Crippen LogP contribution in [0.15, 0.2) is 42.5 Å². The molecule has 0 saturated carbocycles. The molecule has 0 aliphatic carbocycles. The predicted molar refractivity (Wildman–Crippen MR) is 75.6 cm³/mol. The number of nitrogens with one attached hydrogen (secondary N) is 1. The van der Waals surface area contributed by atoms with Gasteiger partial charge >= 0.3 is 0 Å². The number of benzene rings is 2. The van der Waals surface area contributed by atoms with E-state index in [0.29, 0.717) is 6.42 Å². The van der Waals surface area contributed by atoms with Crippen LogP contribution in [0.5, 0.6) is 0 Å². The van der Waals surface area contributed by atoms with Gasteiger partial charge in [-0.05, 0) is 29.2 Å². The number of fused-ring (bicyclic) bond motifs is 1. The van der Waals surface area contributed by atoms with Crippen molar-refractivity contribution in [3.05, 3.63) is 42.5 Å². The number of hydrogen-bond donors (Lipinski definition) is 1. The predicted octanol–water partition coefficient (Wildman–Crippen LogP) is 3.53. The number of carbonyl (C=O) groups is 1. The topological polar surface area (TPSA) is 29.1 Å². The van der Waals surface area contributed by atoms with Crippen molar-refractivity contribution in [3.8, 4) is 0 Å². The van der Waals surface area contributed by atoms with Crippen LogP contribution >= 0.6 is 11.8 Å². The molecule has 0 atom stereocenters. The summed E-state index contributed by atoms with van der Waals surface area (Å²) in [6, 6.07) is 14.1. The summed E-state index contributed by atoms with van der Waals surface area (Å²) in [4.78, 5) is 11.6. The summed E-state index contributed by atoms with van der Waals surface area (Å²) in [6.07, 6.45) is 2.57. The van der Waals surface area contributed by atoms with Crippen LogP contribution in [0, 0.1) is 0 Å². The molecule has 0 heterocycles. The van der Waals surface area contributed by atoms with Gasteiger partial charge in [0.25, 0.3) is 0 Å². The van der Waals surface area contributed by atoms with Crippen LogP contribution < -0.4 is 5.32 Å². The van der Waals surface area contributed by atoms with E-state index in [2.05, 4.69) is 11.4 Å². The Morgan fingerprint density at radius 3 is 2.71 bits per heavy atom. The van der Waals surface area contributed by atoms with Crippen molar-refractivity contribution >= 4 is 34.1 Å². The van der Waals surface area contributed by atoms with E-state index in [-0.39, 0.29) is 5.91 Å². The molecule has 2 aromatic rings. The molecule has 0 spiro atoms. The number of carbonyl (C=O) groups excluding carboxylic acids is 1. The summed E-state index contributed by atoms with van der Waals surface area (Å²) in [5.74, 6) is 0.939. The molecule has 2 aromatic carbocycles. The second-order valence-electron chi connectivity index (χ2n) is 3.85. The lowest BCUT2D eigenvalue weighted by Gasteiger charge is -2.06. The molecule has 0 radical (unpaired) electrons. The third-order valence-electron chi connectivity index (χ3n) is 2.57. The van der Waals surface area contributed by atoms with E-state index in [1.54, 1.807) is 11.8 Å². The van der Waals surface area contributed by atoms with Gasteiger partial charge in [0.15, 0.2) is 0 Å². The average Bonchev–Trinajstić information content (AvgIpc) is 2.36. The molecule has 2 nitrogen and oxygen atoms in total. The molecule has 3 heteroatoms. The van der Waals surface area contributed by atoms with Crippen LogP contribution in [0.1, 0.15) is 6.42 Å². The van der Waals surface area contributed by atoms with E-state index < -0.39 is 0 Å². The number of thioether (sulfide) groups is 1. The highest BCUT2D eigenvalue weighted by Crippen LogP contribution is 2.18. The van der Waals surface area contributed by atoms with Crippen LogP contribution in [-0.4, -0.2) is 17.9 Å². The van der Waals surface area contributed by atoms with E-state index >= 15 is 0 Å². The number of hydrogen-bond acceptors (Lipinski definition) is 2. The minimum atomic E-state index is 0.0784. The molecule has 1 amide bonds. The number of amides is 1. The first kappa shape index (κ1) is 12.0. The summed E-state index contributed by atoms with van der Waals surface area (Å²) in [5.41, 5.74) is 0.870. The van der Waals surface area contributed by atoms with Crippen LogP contribution in [0.25, 0.3) is 10.8 Å². The van der Waals surface area contributed by atoms with Crippen LogP contribution in [-0.2, 0) is 4.79 Å². The van der Waals surface area contributed by atoms with E-state index in [4.69, 9.17) is 0 Å². The summed E-state index contributed by atoms with van der Waals surface area (Å²) >= 11 is 1.68. The first-order chi connectivity index (χ1) is 8.29. The van der Waals surface area contributed by atoms with Crippen molar-refractivity contribution in [1.82, 2.24) is 0 Å². The molecule has 0 aliphatic heterocycles. The highest BCUT2D eigenvalue weighted by molar-refractivity contribution is 7.98. The van der Waals surface area contributed by atoms with Crippen LogP contribution in [0.3, 0.4) is 0 Å². The smallest absolute Gasteiger partial charge is 0.225 e. The van der Waals surface area contributed by atoms with Gasteiger partial charge in [-0.25, -0.2) is 0 Å². The second-order valence-corrected chi connectivity index (χ2v) is 4.84. The normalized spacial score (nSPS) is 10.4. The fraction of sp³-hybridized carbons (Fsp3) is 0.214. The largest absolute Gasteiger partial charge is 0.326 e. The maximum atomic E-state index is 11.6. The van der Waals surface area contributed by atoms with Gasteiger partial charge in [-0.1, -0.05) is 30.3 Å². The average molecular weight is 245 g/mol. The lowest BCUT2D eigenvalue weighted by Crippen LogP contribution is -2.11. The zero-order valence-corrected chi connectivity index (χ0v) is 10.6. The highest BCUT2D eigenvalue weighted by atomic mass is 32.2. The standard InChI is InChI=1S/C14H15NOS/c1-17-9-8-14(16)15-13-7-6-11-4-2-3-5-12(11)10-13/h2-7,10H,8-9H2,1H3,(H,15,16). The Kier molecular flexibility index (Phi) is 4.04. The fourth-order valence-corrected chi connectivity index (χ4v) is 2.07. The van der Waals surface area contributed by atoms with Gasteiger partial charge in [-0.2, -0.15) is 11.8 Å². The Morgan fingerprint density at radius 1 is 1.18 bits per heavy atom. The Morgan fingerprint density at radius 2 is 1.94 bits per heavy atom. The van der Waals surface area contributed by atoms with Crippen LogP contribution in [0.2, 0.25) is 0 Å². The second kappa shape index (κ2) is 5.73. The minimum absolute atomic E-state index is 0.0784. The highest BCUT2D eigenvalue weighted by Gasteiger charge is 2.02. The first-order valence-electron chi connectivity index (χ1n) is 5.57. The summed E-state index contributed by atoms with van der Waals surface area (Å²) < 4.78 is 0. The SMILES string of the molecule is CSCCC(=O)Nc1ccc2ccccc2c1. The van der Waals surface area contributed by atoms with E-state index in [0.717, 1.165) is 16.8 Å². The van der Waals surface area contributed by atoms with Gasteiger partial charge in [-0.15, -0.1) is 0 Å². The molecule has 0 unspecified atom stereocenters. The lowest BCUT2D eigenvalue weighted by atomic mass is 10.1. The van der Waals surface area contributed by atoms with Gasteiger partial charge in [0.1, 0.15) is 0 Å². The molecule has 0 saturated heterocycles. The van der Waals surface area contributed by atoms with Crippen molar-refractivity contribution in [1.29, 1.82) is 0 Å². The van der Waals surface area contributed by atoms with Crippen molar-refractivity contribution in [3.63, 3.8) is 0 Å². The van der Waals surface area contributed by atoms with Crippen LogP contribution in [0.4, 0.5) is 5.69 Å². The zero-order chi connectivity index (χ0) is 12.1. The molecule has 0 aromatic heterocycles. The molecule has 2 rings (SSSR count). The van der Waals surface area contributed by atoms with Crippen molar-refractivity contribution < 1.29 is 4.79 Å². The van der Waals surface area contributed by atoms with E-state index in [1.165, 1.54) is 5.39 Å². The van der Waals surface area contributed by atoms with Gasteiger partial charge in [-0.3, -0.25) is 4.79 Å². The summed E-state index contributed by atoms with van der Waals surface area (Å²) in [6.45, 7) is 0. The van der Waals surface area contributed by atoms with Gasteiger partial charge in [0, 0.05) is 17.9 Å². The maximum absolute atomic E-state index is 11.6. The van der Waals surface area contributed by atoms with Gasteiger partial charge in [0.05, 0.1) is 0 Å². The van der Waals surface area contributed by atoms with E-state index in [1.807, 2.05) is 42.7 Å². The molecule has 0 fully saturated rings. The molecule has 17 heavy (non-hydrogen) atoms.